The Hall–Kier alpha value is -0.550. The Labute approximate surface area is 133 Å². The van der Waals surface area contributed by atoms with Crippen molar-refractivity contribution in [3.8, 4) is 0 Å². The van der Waals surface area contributed by atoms with E-state index >= 15 is 0 Å². The lowest BCUT2D eigenvalue weighted by Gasteiger charge is -2.21. The average Bonchev–Trinajstić information content (AvgIpc) is 2.42. The number of rotatable bonds is 8. The van der Waals surface area contributed by atoms with Gasteiger partial charge in [-0.15, -0.1) is 0 Å². The quantitative estimate of drug-likeness (QED) is 0.549. The second-order valence-electron chi connectivity index (χ2n) is 5.24. The number of unbranched alkanes of at least 4 members (excludes halogenated alkanes) is 2. The fourth-order valence-corrected chi connectivity index (χ4v) is 2.75. The van der Waals surface area contributed by atoms with Gasteiger partial charge in [0.25, 0.3) is 0 Å². The highest BCUT2D eigenvalue weighted by Crippen LogP contribution is 2.36. The Bertz CT molecular complexity index is 432. The number of halogens is 4. The summed E-state index contributed by atoms with van der Waals surface area (Å²) in [6, 6.07) is 4.53. The van der Waals surface area contributed by atoms with Crippen LogP contribution >= 0.6 is 15.9 Å². The molecule has 0 amide bonds. The van der Waals surface area contributed by atoms with Crippen molar-refractivity contribution in [1.82, 2.24) is 5.32 Å². The highest BCUT2D eigenvalue weighted by Gasteiger charge is 2.33. The van der Waals surface area contributed by atoms with Crippen LogP contribution in [0, 0.1) is 0 Å². The van der Waals surface area contributed by atoms with E-state index in [-0.39, 0.29) is 10.5 Å². The first-order valence-corrected chi connectivity index (χ1v) is 8.29. The van der Waals surface area contributed by atoms with Crippen LogP contribution in [0.5, 0.6) is 0 Å². The summed E-state index contributed by atoms with van der Waals surface area (Å²) in [5.41, 5.74) is 0.119. The standard InChI is InChI=1S/C16H23BrF3N/c1-3-5-6-7-15(21-10-4-2)12-8-9-14(17)13(11-12)16(18,19)20/h8-9,11,15,21H,3-7,10H2,1-2H3. The second-order valence-corrected chi connectivity index (χ2v) is 6.09. The first kappa shape index (κ1) is 18.5. The minimum atomic E-state index is -4.33. The van der Waals surface area contributed by atoms with Crippen molar-refractivity contribution in [2.24, 2.45) is 0 Å². The molecular formula is C16H23BrF3N. The highest BCUT2D eigenvalue weighted by molar-refractivity contribution is 9.10. The van der Waals surface area contributed by atoms with Crippen LogP contribution in [0.1, 0.15) is 63.1 Å². The summed E-state index contributed by atoms with van der Waals surface area (Å²) in [4.78, 5) is 0. The fraction of sp³-hybridized carbons (Fsp3) is 0.625. The molecule has 0 saturated heterocycles. The maximum Gasteiger partial charge on any atom is 0.417 e. The second kappa shape index (κ2) is 8.79. The Morgan fingerprint density at radius 3 is 2.43 bits per heavy atom. The lowest BCUT2D eigenvalue weighted by Crippen LogP contribution is -2.22. The predicted molar refractivity (Wildman–Crippen MR) is 84.3 cm³/mol. The molecule has 1 aromatic rings. The summed E-state index contributed by atoms with van der Waals surface area (Å²) in [7, 11) is 0. The van der Waals surface area contributed by atoms with Crippen LogP contribution in [-0.2, 0) is 6.18 Å². The topological polar surface area (TPSA) is 12.0 Å². The molecule has 120 valence electrons. The van der Waals surface area contributed by atoms with Gasteiger partial charge in [-0.1, -0.05) is 55.1 Å². The number of alkyl halides is 3. The van der Waals surface area contributed by atoms with E-state index in [2.05, 4.69) is 35.1 Å². The van der Waals surface area contributed by atoms with E-state index in [1.54, 1.807) is 6.07 Å². The molecule has 1 atom stereocenters. The van der Waals surface area contributed by atoms with E-state index < -0.39 is 11.7 Å². The first-order chi connectivity index (χ1) is 9.90. The zero-order valence-electron chi connectivity index (χ0n) is 12.6. The molecule has 0 aliphatic carbocycles. The molecule has 1 N–H and O–H groups in total. The van der Waals surface area contributed by atoms with E-state index in [0.29, 0.717) is 0 Å². The molecule has 5 heteroatoms. The zero-order valence-corrected chi connectivity index (χ0v) is 14.1. The Morgan fingerprint density at radius 1 is 1.14 bits per heavy atom. The van der Waals surface area contributed by atoms with Crippen molar-refractivity contribution >= 4 is 15.9 Å². The summed E-state index contributed by atoms with van der Waals surface area (Å²) in [6.45, 7) is 4.99. The minimum Gasteiger partial charge on any atom is -0.310 e. The molecule has 0 bridgehead atoms. The van der Waals surface area contributed by atoms with Gasteiger partial charge in [0.1, 0.15) is 0 Å². The smallest absolute Gasteiger partial charge is 0.310 e. The Balaban J connectivity index is 2.95. The molecule has 0 aliphatic rings. The van der Waals surface area contributed by atoms with E-state index in [1.165, 1.54) is 12.1 Å². The lowest BCUT2D eigenvalue weighted by atomic mass is 9.98. The van der Waals surface area contributed by atoms with Crippen LogP contribution in [0.25, 0.3) is 0 Å². The monoisotopic (exact) mass is 365 g/mol. The molecule has 1 rings (SSSR count). The molecule has 0 spiro atoms. The van der Waals surface area contributed by atoms with Gasteiger partial charge >= 0.3 is 6.18 Å². The summed E-state index contributed by atoms with van der Waals surface area (Å²) in [6.07, 6.45) is 0.740. The van der Waals surface area contributed by atoms with Crippen molar-refractivity contribution in [2.45, 2.75) is 58.2 Å². The maximum absolute atomic E-state index is 13.0. The van der Waals surface area contributed by atoms with Gasteiger partial charge in [-0.3, -0.25) is 0 Å². The Kier molecular flexibility index (Phi) is 7.74. The normalized spacial score (nSPS) is 13.4. The van der Waals surface area contributed by atoms with Crippen LogP contribution in [0.2, 0.25) is 0 Å². The largest absolute Gasteiger partial charge is 0.417 e. The highest BCUT2D eigenvalue weighted by atomic mass is 79.9. The number of hydrogen-bond acceptors (Lipinski definition) is 1. The van der Waals surface area contributed by atoms with Crippen LogP contribution in [0.4, 0.5) is 13.2 Å². The van der Waals surface area contributed by atoms with Crippen molar-refractivity contribution in [1.29, 1.82) is 0 Å². The number of hydrogen-bond donors (Lipinski definition) is 1. The van der Waals surface area contributed by atoms with Crippen LogP contribution < -0.4 is 5.32 Å². The SMILES string of the molecule is CCCCCC(NCCC)c1ccc(Br)c(C(F)(F)F)c1. The van der Waals surface area contributed by atoms with E-state index in [0.717, 1.165) is 44.2 Å². The van der Waals surface area contributed by atoms with Crippen molar-refractivity contribution in [2.75, 3.05) is 6.54 Å². The minimum absolute atomic E-state index is 0.00861. The van der Waals surface area contributed by atoms with Gasteiger partial charge in [0.15, 0.2) is 0 Å². The number of nitrogens with one attached hydrogen (secondary N) is 1. The number of benzene rings is 1. The van der Waals surface area contributed by atoms with Gasteiger partial charge in [0, 0.05) is 10.5 Å². The Morgan fingerprint density at radius 2 is 1.86 bits per heavy atom. The van der Waals surface area contributed by atoms with Gasteiger partial charge < -0.3 is 5.32 Å². The third-order valence-electron chi connectivity index (χ3n) is 3.44. The molecule has 1 aromatic carbocycles. The molecule has 0 heterocycles. The zero-order chi connectivity index (χ0) is 15.9. The van der Waals surface area contributed by atoms with Crippen LogP contribution in [0.3, 0.4) is 0 Å². The molecular weight excluding hydrogens is 343 g/mol. The van der Waals surface area contributed by atoms with E-state index in [9.17, 15) is 13.2 Å². The van der Waals surface area contributed by atoms with Gasteiger partial charge in [0.2, 0.25) is 0 Å². The molecule has 21 heavy (non-hydrogen) atoms. The lowest BCUT2D eigenvalue weighted by molar-refractivity contribution is -0.138. The summed E-state index contributed by atoms with van der Waals surface area (Å²) in [5.74, 6) is 0. The third kappa shape index (κ3) is 5.99. The molecule has 1 unspecified atom stereocenters. The van der Waals surface area contributed by atoms with Gasteiger partial charge in [-0.25, -0.2) is 0 Å². The van der Waals surface area contributed by atoms with Crippen molar-refractivity contribution in [3.05, 3.63) is 33.8 Å². The van der Waals surface area contributed by atoms with E-state index in [1.807, 2.05) is 0 Å². The third-order valence-corrected chi connectivity index (χ3v) is 4.13. The van der Waals surface area contributed by atoms with E-state index in [4.69, 9.17) is 0 Å². The molecule has 0 aromatic heterocycles. The van der Waals surface area contributed by atoms with Crippen molar-refractivity contribution in [3.63, 3.8) is 0 Å². The fourth-order valence-electron chi connectivity index (χ4n) is 2.28. The molecule has 1 nitrogen and oxygen atoms in total. The molecule has 0 fully saturated rings. The van der Waals surface area contributed by atoms with Crippen LogP contribution in [-0.4, -0.2) is 6.54 Å². The summed E-state index contributed by atoms with van der Waals surface area (Å²) < 4.78 is 39.1. The molecule has 0 saturated carbocycles. The van der Waals surface area contributed by atoms with Crippen molar-refractivity contribution < 1.29 is 13.2 Å². The molecule has 0 aliphatic heterocycles. The van der Waals surface area contributed by atoms with Gasteiger partial charge in [0.05, 0.1) is 5.56 Å². The first-order valence-electron chi connectivity index (χ1n) is 7.50. The van der Waals surface area contributed by atoms with Gasteiger partial charge in [-0.05, 0) is 37.1 Å². The maximum atomic E-state index is 13.0. The van der Waals surface area contributed by atoms with Crippen LogP contribution in [0.15, 0.2) is 22.7 Å². The summed E-state index contributed by atoms with van der Waals surface area (Å²) >= 11 is 2.99. The average molecular weight is 366 g/mol. The van der Waals surface area contributed by atoms with Gasteiger partial charge in [-0.2, -0.15) is 13.2 Å². The predicted octanol–water partition coefficient (Wildman–Crippen LogP) is 6.09. The summed E-state index contributed by atoms with van der Waals surface area (Å²) in [5, 5.41) is 3.36. The molecule has 0 radical (unpaired) electrons.